The van der Waals surface area contributed by atoms with Crippen LogP contribution in [0.25, 0.3) is 0 Å². The highest BCUT2D eigenvalue weighted by Crippen LogP contribution is 2.66. The van der Waals surface area contributed by atoms with Crippen molar-refractivity contribution >= 4 is 5.78 Å². The lowest BCUT2D eigenvalue weighted by atomic mass is 9.48. The number of carbonyl (C=O) groups excluding carboxylic acids is 1. The van der Waals surface area contributed by atoms with Gasteiger partial charge in [-0.2, -0.15) is 0 Å². The van der Waals surface area contributed by atoms with Gasteiger partial charge in [-0.15, -0.1) is 0 Å². The fourth-order valence-corrected chi connectivity index (χ4v) is 8.09. The van der Waals surface area contributed by atoms with E-state index in [0.29, 0.717) is 6.42 Å². The fraction of sp³-hybridized carbons (Fsp3) is 0.679. The summed E-state index contributed by atoms with van der Waals surface area (Å²) in [5.41, 5.74) is 0.920. The van der Waals surface area contributed by atoms with Crippen molar-refractivity contribution in [3.63, 3.8) is 0 Å². The van der Waals surface area contributed by atoms with Gasteiger partial charge in [0.1, 0.15) is 22.9 Å². The molecule has 1 aromatic rings. The molecule has 3 aliphatic carbocycles. The Morgan fingerprint density at radius 3 is 2.74 bits per heavy atom. The maximum absolute atomic E-state index is 13.2. The van der Waals surface area contributed by atoms with Gasteiger partial charge in [-0.05, 0) is 68.7 Å². The van der Waals surface area contributed by atoms with Crippen LogP contribution in [0.15, 0.2) is 30.4 Å². The van der Waals surface area contributed by atoms with E-state index >= 15 is 0 Å². The molecule has 0 radical (unpaired) electrons. The second kappa shape index (κ2) is 6.40. The van der Waals surface area contributed by atoms with Gasteiger partial charge in [0.2, 0.25) is 0 Å². The number of benzene rings is 1. The SMILES string of the molecule is C[C@H](c1ccc2c(c1)CC[C@H]1[C@H]2[C@@H]2O[C@@H]2[C@@]2(O)CC=CC(=O)[C@]12C)[C@H]1C[C@]2(C)O[C@]2(C)[C@H](O)O1. The number of fused-ring (bicyclic) bond motifs is 9. The van der Waals surface area contributed by atoms with Crippen LogP contribution in [-0.4, -0.2) is 57.4 Å². The summed E-state index contributed by atoms with van der Waals surface area (Å²) >= 11 is 0. The number of hydrogen-bond acceptors (Lipinski definition) is 6. The van der Waals surface area contributed by atoms with E-state index in [2.05, 4.69) is 32.0 Å². The molecule has 0 unspecified atom stereocenters. The first-order valence-electron chi connectivity index (χ1n) is 12.8. The van der Waals surface area contributed by atoms with E-state index in [4.69, 9.17) is 14.2 Å². The maximum Gasteiger partial charge on any atom is 0.186 e. The van der Waals surface area contributed by atoms with E-state index in [1.165, 1.54) is 16.7 Å². The summed E-state index contributed by atoms with van der Waals surface area (Å²) in [5, 5.41) is 22.1. The summed E-state index contributed by atoms with van der Waals surface area (Å²) in [6.45, 7) is 8.10. The van der Waals surface area contributed by atoms with Gasteiger partial charge in [0.25, 0.3) is 0 Å². The summed E-state index contributed by atoms with van der Waals surface area (Å²) < 4.78 is 18.0. The third kappa shape index (κ3) is 2.42. The third-order valence-corrected chi connectivity index (χ3v) is 10.8. The second-order valence-electron chi connectivity index (χ2n) is 12.2. The van der Waals surface area contributed by atoms with Crippen molar-refractivity contribution in [2.45, 2.75) is 107 Å². The number of aryl methyl sites for hydroxylation is 1. The highest BCUT2D eigenvalue weighted by Gasteiger charge is 2.75. The van der Waals surface area contributed by atoms with Gasteiger partial charge in [0.15, 0.2) is 12.1 Å². The van der Waals surface area contributed by atoms with Crippen LogP contribution in [0, 0.1) is 11.3 Å². The molecule has 3 aliphatic heterocycles. The van der Waals surface area contributed by atoms with Gasteiger partial charge in [-0.25, -0.2) is 0 Å². The van der Waals surface area contributed by atoms with Crippen LogP contribution in [0.1, 0.15) is 75.5 Å². The summed E-state index contributed by atoms with van der Waals surface area (Å²) in [7, 11) is 0. The van der Waals surface area contributed by atoms with Gasteiger partial charge >= 0.3 is 0 Å². The third-order valence-electron chi connectivity index (χ3n) is 10.8. The van der Waals surface area contributed by atoms with Crippen LogP contribution in [0.5, 0.6) is 0 Å². The smallest absolute Gasteiger partial charge is 0.186 e. The summed E-state index contributed by atoms with van der Waals surface area (Å²) in [5.74, 6) is 0.351. The van der Waals surface area contributed by atoms with E-state index in [1.54, 1.807) is 6.08 Å². The van der Waals surface area contributed by atoms with E-state index in [9.17, 15) is 15.0 Å². The van der Waals surface area contributed by atoms with Crippen LogP contribution >= 0.6 is 0 Å². The monoisotopic (exact) mass is 466 g/mol. The number of aliphatic hydroxyl groups is 2. The number of epoxide rings is 2. The fourth-order valence-electron chi connectivity index (χ4n) is 8.09. The lowest BCUT2D eigenvalue weighted by Crippen LogP contribution is -2.65. The number of aliphatic hydroxyl groups excluding tert-OH is 1. The zero-order valence-electron chi connectivity index (χ0n) is 20.3. The molecule has 2 N–H and O–H groups in total. The average Bonchev–Trinajstić information content (AvgIpc) is 3.70. The summed E-state index contributed by atoms with van der Waals surface area (Å²) in [6, 6.07) is 6.68. The Hall–Kier alpha value is -1.57. The molecule has 1 aromatic carbocycles. The Bertz CT molecular complexity index is 1130. The number of ether oxygens (including phenoxy) is 3. The molecular weight excluding hydrogens is 432 g/mol. The molecule has 0 spiro atoms. The van der Waals surface area contributed by atoms with Crippen molar-refractivity contribution in [3.8, 4) is 0 Å². The molecule has 1 saturated carbocycles. The number of allylic oxidation sites excluding steroid dienone is 1. The highest BCUT2D eigenvalue weighted by molar-refractivity contribution is 5.97. The summed E-state index contributed by atoms with van der Waals surface area (Å²) in [4.78, 5) is 13.2. The topological polar surface area (TPSA) is 91.8 Å². The molecule has 11 atom stereocenters. The van der Waals surface area contributed by atoms with Gasteiger partial charge in [0.05, 0.1) is 17.6 Å². The van der Waals surface area contributed by atoms with E-state index in [1.807, 2.05) is 19.9 Å². The molecule has 3 saturated heterocycles. The van der Waals surface area contributed by atoms with E-state index in [-0.39, 0.29) is 47.4 Å². The lowest BCUT2D eigenvalue weighted by molar-refractivity contribution is -0.187. The standard InChI is InChI=1S/C28H34O6/c1-14(19-13-25(2)27(4,34-25)24(30)32-19)15-7-9-17-16(12-15)8-10-18-21(17)22-23(33-22)28(31)11-5-6-20(29)26(18,28)3/h5-7,9,12,14,18-19,21-24,30-31H,8,10-11,13H2,1-4H3/t14-,18+,19-,21+,22+,23+,24-,25+,26+,27-,28+/m1/s1. The first kappa shape index (κ1) is 21.7. The second-order valence-corrected chi connectivity index (χ2v) is 12.2. The lowest BCUT2D eigenvalue weighted by Gasteiger charge is -2.55. The van der Waals surface area contributed by atoms with E-state index in [0.717, 1.165) is 19.3 Å². The van der Waals surface area contributed by atoms with Crippen molar-refractivity contribution in [1.29, 1.82) is 0 Å². The number of carbonyl (C=O) groups is 1. The molecule has 0 aromatic heterocycles. The van der Waals surface area contributed by atoms with Crippen LogP contribution in [0.4, 0.5) is 0 Å². The van der Waals surface area contributed by atoms with Crippen molar-refractivity contribution in [1.82, 2.24) is 0 Å². The van der Waals surface area contributed by atoms with Crippen LogP contribution in [-0.2, 0) is 25.4 Å². The zero-order valence-corrected chi connectivity index (χ0v) is 20.3. The molecule has 6 nitrogen and oxygen atoms in total. The quantitative estimate of drug-likeness (QED) is 0.651. The molecule has 3 heterocycles. The van der Waals surface area contributed by atoms with Crippen molar-refractivity contribution in [2.24, 2.45) is 11.3 Å². The average molecular weight is 467 g/mol. The normalized spacial score (nSPS) is 53.1. The predicted octanol–water partition coefficient (Wildman–Crippen LogP) is 3.14. The molecule has 4 fully saturated rings. The van der Waals surface area contributed by atoms with E-state index < -0.39 is 22.9 Å². The van der Waals surface area contributed by atoms with Crippen LogP contribution in [0.2, 0.25) is 0 Å². The Balaban J connectivity index is 1.20. The predicted molar refractivity (Wildman–Crippen MR) is 123 cm³/mol. The number of hydrogen-bond donors (Lipinski definition) is 2. The molecule has 6 aliphatic rings. The minimum absolute atomic E-state index is 0.0221. The first-order chi connectivity index (χ1) is 16.0. The first-order valence-corrected chi connectivity index (χ1v) is 12.8. The molecular formula is C28H34O6. The Morgan fingerprint density at radius 1 is 1.18 bits per heavy atom. The molecule has 182 valence electrons. The number of rotatable bonds is 2. The molecule has 7 rings (SSSR count). The maximum atomic E-state index is 13.2. The highest BCUT2D eigenvalue weighted by atomic mass is 16.7. The molecule has 34 heavy (non-hydrogen) atoms. The molecule has 0 amide bonds. The zero-order chi connectivity index (χ0) is 23.8. The molecule has 0 bridgehead atoms. The van der Waals surface area contributed by atoms with Crippen molar-refractivity contribution in [3.05, 3.63) is 47.0 Å². The van der Waals surface area contributed by atoms with Crippen molar-refractivity contribution < 1.29 is 29.2 Å². The minimum atomic E-state index is -1.11. The van der Waals surface area contributed by atoms with Crippen molar-refractivity contribution in [2.75, 3.05) is 0 Å². The number of ketones is 1. The summed E-state index contributed by atoms with van der Waals surface area (Å²) in [6.07, 6.45) is 5.14. The Labute approximate surface area is 200 Å². The Morgan fingerprint density at radius 2 is 1.97 bits per heavy atom. The molecule has 6 heteroatoms. The van der Waals surface area contributed by atoms with Gasteiger partial charge in [0, 0.05) is 18.3 Å². The van der Waals surface area contributed by atoms with Crippen LogP contribution in [0.3, 0.4) is 0 Å². The largest absolute Gasteiger partial charge is 0.386 e. The van der Waals surface area contributed by atoms with Gasteiger partial charge in [-0.1, -0.05) is 31.2 Å². The minimum Gasteiger partial charge on any atom is -0.386 e. The van der Waals surface area contributed by atoms with Gasteiger partial charge < -0.3 is 24.4 Å². The van der Waals surface area contributed by atoms with Gasteiger partial charge in [-0.3, -0.25) is 4.79 Å². The van der Waals surface area contributed by atoms with Crippen LogP contribution < -0.4 is 0 Å². The Kier molecular flexibility index (Phi) is 4.08.